The average molecular weight is 1780 g/mol. The first kappa shape index (κ1) is 97.7. The van der Waals surface area contributed by atoms with Crippen LogP contribution in [0.5, 0.6) is 0 Å². The van der Waals surface area contributed by atoms with E-state index in [2.05, 4.69) is 78.2 Å². The van der Waals surface area contributed by atoms with Crippen LogP contribution in [0.1, 0.15) is 207 Å². The number of nitrogens with one attached hydrogen (secondary N) is 2. The minimum absolute atomic E-state index is 0. The van der Waals surface area contributed by atoms with Gasteiger partial charge in [-0.15, -0.1) is 0 Å². The average Bonchev–Trinajstić information content (AvgIpc) is 1.55. The molecule has 19 N–H and O–H groups in total. The molecule has 10 heterocycles. The maximum Gasteiger partial charge on any atom is 0.187 e. The molecule has 18 aliphatic rings. The van der Waals surface area contributed by atoms with Gasteiger partial charge in [0.2, 0.25) is 0 Å². The van der Waals surface area contributed by atoms with Crippen LogP contribution in [0.3, 0.4) is 0 Å². The van der Waals surface area contributed by atoms with Crippen LogP contribution in [0.25, 0.3) is 0 Å². The van der Waals surface area contributed by atoms with Crippen molar-refractivity contribution in [1.29, 1.82) is 0 Å². The Morgan fingerprint density at radius 2 is 0.712 bits per heavy atom. The Kier molecular flexibility index (Phi) is 29.2. The molecule has 16 fully saturated rings. The molecule has 33 heteroatoms. The summed E-state index contributed by atoms with van der Waals surface area (Å²) in [5.41, 5.74) is 2.73. The van der Waals surface area contributed by atoms with Crippen LogP contribution in [0.15, 0.2) is 23.3 Å². The highest BCUT2D eigenvalue weighted by atomic mass is 16.8. The normalized spacial score (nSPS) is 57.1. The summed E-state index contributed by atoms with van der Waals surface area (Å²) in [6, 6.07) is 0. The van der Waals surface area contributed by atoms with Crippen LogP contribution in [-0.2, 0) is 66.3 Å². The number of fused-ring (bicyclic) bond motifs is 14. The molecular formula is C92H154N2O31. The minimum atomic E-state index is -1.84. The summed E-state index contributed by atoms with van der Waals surface area (Å²) in [5.74, 6) is 6.74. The number of piperidine rings is 2. The number of hydrogen-bond acceptors (Lipinski definition) is 33. The summed E-state index contributed by atoms with van der Waals surface area (Å²) in [7, 11) is 0. The van der Waals surface area contributed by atoms with Gasteiger partial charge in [0.25, 0.3) is 0 Å². The summed E-state index contributed by atoms with van der Waals surface area (Å²) >= 11 is 0. The zero-order chi connectivity index (χ0) is 87.7. The fourth-order valence-corrected chi connectivity index (χ4v) is 28.4. The summed E-state index contributed by atoms with van der Waals surface area (Å²) in [6.45, 7) is 24.0. The number of ether oxygens (including phenoxy) is 14. The van der Waals surface area contributed by atoms with E-state index in [0.29, 0.717) is 103 Å². The van der Waals surface area contributed by atoms with Gasteiger partial charge in [0.1, 0.15) is 140 Å². The Hall–Kier alpha value is -1.84. The summed E-state index contributed by atoms with van der Waals surface area (Å²) in [5, 5.41) is 189. The molecule has 0 aromatic carbocycles. The van der Waals surface area contributed by atoms with Gasteiger partial charge in [-0.2, -0.15) is 0 Å². The predicted molar refractivity (Wildman–Crippen MR) is 445 cm³/mol. The zero-order valence-electron chi connectivity index (χ0n) is 73.3. The van der Waals surface area contributed by atoms with E-state index in [1.54, 1.807) is 0 Å². The quantitative estimate of drug-likeness (QED) is 0.104. The number of rotatable bonds is 15. The van der Waals surface area contributed by atoms with E-state index in [9.17, 15) is 86.8 Å². The van der Waals surface area contributed by atoms with Gasteiger partial charge in [0.05, 0.1) is 62.5 Å². The highest BCUT2D eigenvalue weighted by Crippen LogP contribution is 2.73. The zero-order valence-corrected chi connectivity index (χ0v) is 73.3. The summed E-state index contributed by atoms with van der Waals surface area (Å²) in [4.78, 5) is 0. The van der Waals surface area contributed by atoms with E-state index in [-0.39, 0.29) is 60.2 Å². The van der Waals surface area contributed by atoms with E-state index >= 15 is 0 Å². The molecule has 18 rings (SSSR count). The fraction of sp³-hybridized carbons (Fsp3) is 0.957. The maximum atomic E-state index is 12.0. The molecule has 718 valence electrons. The third-order valence-corrected chi connectivity index (χ3v) is 35.8. The lowest BCUT2D eigenvalue weighted by Gasteiger charge is -2.59. The number of hydrogen-bond donors (Lipinski definition) is 19. The van der Waals surface area contributed by atoms with Crippen LogP contribution < -0.4 is 10.6 Å². The largest absolute Gasteiger partial charge is 0.394 e. The van der Waals surface area contributed by atoms with Crippen molar-refractivity contribution in [2.45, 2.75) is 427 Å². The number of aliphatic hydroxyl groups is 17. The molecule has 0 bridgehead atoms. The highest BCUT2D eigenvalue weighted by molar-refractivity contribution is 5.29. The SMILES string of the molecule is C.C.CC1OC(OC2C(CO)OC(OC3CCC4(C)C(=CCC5C4CCC4(C)C5CC5OC6(CC[C@@H](C)CN6)[C@@H](C)C54)C3)C(OC3OC(C)C(O)C(O)C3O)C2O)C(O)C(O)C1O.CC1OC(OC2C(OC3CCC4(C)C(=CCC5C4CCC4(C)C5CC5OC6(CC[C@@H](C)CN6)[C@@H](C)C54)C3)OC(CO)C(O)C2OC2OC(CO)C(O)C(O)C2O)C(O)C(O)C1O. The predicted octanol–water partition coefficient (Wildman–Crippen LogP) is 1.87. The van der Waals surface area contributed by atoms with Crippen molar-refractivity contribution in [1.82, 2.24) is 10.6 Å². The molecule has 6 saturated carbocycles. The van der Waals surface area contributed by atoms with Crippen molar-refractivity contribution < 1.29 is 153 Å². The Balaban J connectivity index is 0.000000190. The van der Waals surface area contributed by atoms with E-state index < -0.39 is 210 Å². The van der Waals surface area contributed by atoms with Gasteiger partial charge in [-0.3, -0.25) is 10.6 Å². The van der Waals surface area contributed by atoms with Crippen molar-refractivity contribution in [3.8, 4) is 0 Å². The van der Waals surface area contributed by atoms with Gasteiger partial charge in [0, 0.05) is 24.9 Å². The van der Waals surface area contributed by atoms with Gasteiger partial charge in [0.15, 0.2) is 37.7 Å². The Morgan fingerprint density at radius 1 is 0.352 bits per heavy atom. The minimum Gasteiger partial charge on any atom is -0.394 e. The van der Waals surface area contributed by atoms with Gasteiger partial charge < -0.3 is 153 Å². The topological polar surface area (TPSA) is 497 Å². The van der Waals surface area contributed by atoms with Crippen LogP contribution >= 0.6 is 0 Å². The van der Waals surface area contributed by atoms with E-state index in [0.717, 1.165) is 70.9 Å². The maximum absolute atomic E-state index is 12.0. The van der Waals surface area contributed by atoms with Crippen LogP contribution in [0, 0.1) is 92.7 Å². The Bertz CT molecular complexity index is 3670. The smallest absolute Gasteiger partial charge is 0.187 e. The molecule has 10 aliphatic heterocycles. The number of allylic oxidation sites excluding steroid dienone is 2. The third-order valence-electron chi connectivity index (χ3n) is 35.8. The standard InChI is InChI=1S/C45H73NO16.C45H73NO15.2CH4/c1-19-8-13-45(46-16-19)20(2)30-27(62-45)15-26-24-7-6-22-14-23(9-11-43(22,4)25(24)10-12-44(26,30)5)57-42-39(61-40-36(54)34(52)31(49)21(3)56-40)38(33(51)29(18-48)59-42)60-41-37(55)35(53)32(50)28(17-47)58-41;1-19-9-14-45(46-17-19)20(2)30-28(61-45)16-27-25-8-7-23-15-24(10-12-43(23,5)26(25)11-13-44(27,30)6)57-42-39(60-41-36(53)34(51)32(49)22(4)56-41)37(54)38(29(18-47)58-42)59-40-35(52)33(50)31(48)21(3)55-40;;/h6,19-21,23-42,46-55H,7-18H2,1-5H3;7,19-22,24-42,46-54H,8-18H2,1-6H3;2*1H4/t19-,20+,21?,23?,24?,25?,26?,27?,28?,29?,30?,31?,32?,33?,34?,35?,36?,37?,38?,39?,40?,41?,42?,43?,44?,45?;19-,20+,21?,22?,24?,25?,26?,27?,28?,29?,30?,31?,32?,33?,34?,35?,36?,37?,38?,39?,40?,41?,42?,43?,44?,45?;;/m11../s1. The molecule has 0 radical (unpaired) electrons. The molecule has 33 nitrogen and oxygen atoms in total. The van der Waals surface area contributed by atoms with Crippen molar-refractivity contribution in [3.05, 3.63) is 23.3 Å². The molecular weight excluding hydrogens is 1630 g/mol. The van der Waals surface area contributed by atoms with E-state index in [1.807, 2.05) is 0 Å². The molecule has 8 aliphatic carbocycles. The van der Waals surface area contributed by atoms with Gasteiger partial charge >= 0.3 is 0 Å². The van der Waals surface area contributed by atoms with Gasteiger partial charge in [-0.05, 0) is 217 Å². The second kappa shape index (κ2) is 37.3. The Labute approximate surface area is 736 Å². The highest BCUT2D eigenvalue weighted by Gasteiger charge is 2.72. The number of aliphatic hydroxyl groups excluding tert-OH is 17. The fourth-order valence-electron chi connectivity index (χ4n) is 28.4. The molecule has 0 aromatic heterocycles. The van der Waals surface area contributed by atoms with Gasteiger partial charge in [-0.1, -0.05) is 93.5 Å². The van der Waals surface area contributed by atoms with E-state index in [4.69, 9.17) is 66.3 Å². The summed E-state index contributed by atoms with van der Waals surface area (Å²) in [6.07, 6.45) is -21.9. The van der Waals surface area contributed by atoms with Crippen molar-refractivity contribution in [2.75, 3.05) is 32.9 Å². The van der Waals surface area contributed by atoms with Crippen molar-refractivity contribution >= 4 is 0 Å². The second-order valence-corrected chi connectivity index (χ2v) is 42.4. The molecule has 52 atom stereocenters. The molecule has 125 heavy (non-hydrogen) atoms. The van der Waals surface area contributed by atoms with Crippen molar-refractivity contribution in [3.63, 3.8) is 0 Å². The third kappa shape index (κ3) is 16.8. The molecule has 48 unspecified atom stereocenters. The lowest BCUT2D eigenvalue weighted by Crippen LogP contribution is -2.67. The molecule has 0 amide bonds. The summed E-state index contributed by atoms with van der Waals surface area (Å²) < 4.78 is 87.6. The monoisotopic (exact) mass is 1780 g/mol. The van der Waals surface area contributed by atoms with Crippen LogP contribution in [0.4, 0.5) is 0 Å². The lowest BCUT2D eigenvalue weighted by molar-refractivity contribution is -0.394. The Morgan fingerprint density at radius 3 is 1.12 bits per heavy atom. The molecule has 10 saturated heterocycles. The van der Waals surface area contributed by atoms with Crippen LogP contribution in [-0.4, -0.2) is 340 Å². The molecule has 2 spiro atoms. The van der Waals surface area contributed by atoms with Gasteiger partial charge in [-0.25, -0.2) is 0 Å². The van der Waals surface area contributed by atoms with Crippen molar-refractivity contribution in [2.24, 2.45) is 92.7 Å². The van der Waals surface area contributed by atoms with E-state index in [1.165, 1.54) is 64.0 Å². The second-order valence-electron chi connectivity index (χ2n) is 42.4. The molecule has 0 aromatic rings. The first-order valence-electron chi connectivity index (χ1n) is 46.8. The first-order chi connectivity index (χ1) is 58.3. The first-order valence-corrected chi connectivity index (χ1v) is 46.8. The lowest BCUT2D eigenvalue weighted by atomic mass is 9.47. The van der Waals surface area contributed by atoms with Crippen LogP contribution in [0.2, 0.25) is 0 Å².